The van der Waals surface area contributed by atoms with Gasteiger partial charge < -0.3 is 10.6 Å². The number of anilines is 2. The molecular weight excluding hydrogens is 422 g/mol. The number of halogens is 6. The Hall–Kier alpha value is -2.18. The summed E-state index contributed by atoms with van der Waals surface area (Å²) in [5.74, 6) is -1.97. The molecule has 1 aromatic heterocycles. The molecule has 2 fully saturated rings. The Morgan fingerprint density at radius 3 is 1.79 bits per heavy atom. The minimum Gasteiger partial charge on any atom is -0.351 e. The first-order chi connectivity index (χ1) is 13.5. The van der Waals surface area contributed by atoms with E-state index in [4.69, 9.17) is 0 Å². The Balaban J connectivity index is 1.58. The van der Waals surface area contributed by atoms with E-state index in [0.717, 1.165) is 0 Å². The highest BCUT2D eigenvalue weighted by molar-refractivity contribution is 8.30. The molecule has 6 nitrogen and oxygen atoms in total. The van der Waals surface area contributed by atoms with Gasteiger partial charge in [0.05, 0.1) is 0 Å². The van der Waals surface area contributed by atoms with Gasteiger partial charge in [-0.05, 0) is 5.41 Å². The first kappa shape index (κ1) is 20.1. The largest absolute Gasteiger partial charge is 0.351 e. The highest BCUT2D eigenvalue weighted by Gasteiger charge is 2.46. The molecule has 2 aliphatic carbocycles. The predicted octanol–water partition coefficient (Wildman–Crippen LogP) is 3.86. The quantitative estimate of drug-likeness (QED) is 0.521. The average Bonchev–Trinajstić information content (AvgIpc) is 2.93. The van der Waals surface area contributed by atoms with Gasteiger partial charge in [-0.25, -0.2) is 31.3 Å². The number of rotatable bonds is 6. The molecule has 1 atom stereocenters. The van der Waals surface area contributed by atoms with Crippen molar-refractivity contribution in [1.82, 2.24) is 15.0 Å². The number of hydrogen-bond donors (Lipinski definition) is 2. The predicted molar refractivity (Wildman–Crippen MR) is 98.3 cm³/mol. The molecule has 4 rings (SSSR count). The molecule has 1 aliphatic heterocycles. The highest BCUT2D eigenvalue weighted by Crippen LogP contribution is 2.40. The summed E-state index contributed by atoms with van der Waals surface area (Å²) < 4.78 is 78.2. The fourth-order valence-corrected chi connectivity index (χ4v) is 4.27. The fraction of sp³-hybridized carbons (Fsp3) is 0.562. The molecule has 2 saturated carbocycles. The molecule has 0 aromatic carbocycles. The summed E-state index contributed by atoms with van der Waals surface area (Å²) in [5, 5.41) is 6.78. The first-order valence-corrected chi connectivity index (χ1v) is 10.1. The number of alkyl halides is 6. The van der Waals surface area contributed by atoms with E-state index in [0.29, 0.717) is 0 Å². The molecule has 2 heterocycles. The van der Waals surface area contributed by atoms with E-state index in [1.54, 1.807) is 0 Å². The minimum absolute atomic E-state index is 0.0609. The Morgan fingerprint density at radius 1 is 0.931 bits per heavy atom. The van der Waals surface area contributed by atoms with Crippen LogP contribution in [0, 0.1) is 0 Å². The minimum atomic E-state index is -2.80. The Morgan fingerprint density at radius 2 is 1.41 bits per heavy atom. The van der Waals surface area contributed by atoms with Crippen molar-refractivity contribution in [2.45, 2.75) is 56.0 Å². The third kappa shape index (κ3) is 4.38. The Bertz CT molecular complexity index is 857. The number of nitrogens with one attached hydrogen (secondary N) is 2. The van der Waals surface area contributed by atoms with E-state index in [1.807, 2.05) is 0 Å². The fourth-order valence-electron chi connectivity index (χ4n) is 3.16. The molecule has 0 radical (unpaired) electrons. The van der Waals surface area contributed by atoms with Crippen molar-refractivity contribution < 1.29 is 26.3 Å². The van der Waals surface area contributed by atoms with E-state index in [2.05, 4.69) is 36.4 Å². The summed E-state index contributed by atoms with van der Waals surface area (Å²) in [6.45, 7) is 0. The Kier molecular flexibility index (Phi) is 4.82. The van der Waals surface area contributed by atoms with E-state index in [1.165, 1.54) is 5.41 Å². The summed E-state index contributed by atoms with van der Waals surface area (Å²) in [4.78, 5) is 16.1. The molecule has 1 unspecified atom stereocenters. The van der Waals surface area contributed by atoms with Gasteiger partial charge in [0.15, 0.2) is 5.82 Å². The van der Waals surface area contributed by atoms with Crippen LogP contribution < -0.4 is 10.6 Å². The van der Waals surface area contributed by atoms with Gasteiger partial charge in [-0.15, -0.1) is 10.5 Å². The molecule has 13 heteroatoms. The highest BCUT2D eigenvalue weighted by atomic mass is 32.2. The number of aliphatic imine (C=N–C) groups is 1. The lowest BCUT2D eigenvalue weighted by Gasteiger charge is -2.36. The van der Waals surface area contributed by atoms with Crippen molar-refractivity contribution in [2.24, 2.45) is 4.99 Å². The van der Waals surface area contributed by atoms with Gasteiger partial charge in [-0.2, -0.15) is 15.0 Å². The van der Waals surface area contributed by atoms with Gasteiger partial charge in [-0.3, -0.25) is 0 Å². The summed E-state index contributed by atoms with van der Waals surface area (Å²) >= 11 is 0. The van der Waals surface area contributed by atoms with Crippen LogP contribution in [0.25, 0.3) is 0 Å². The van der Waals surface area contributed by atoms with Gasteiger partial charge in [0.1, 0.15) is 10.7 Å². The summed E-state index contributed by atoms with van der Waals surface area (Å²) in [6.07, 6.45) is -4.39. The smallest absolute Gasteiger partial charge is 0.280 e. The topological polar surface area (TPSA) is 75.1 Å². The number of allylic oxidation sites excluding steroid dienone is 1. The van der Waals surface area contributed by atoms with Crippen LogP contribution >= 0.6 is 10.5 Å². The maximum atomic E-state index is 13.1. The van der Waals surface area contributed by atoms with Crippen molar-refractivity contribution in [2.75, 3.05) is 10.6 Å². The van der Waals surface area contributed by atoms with Crippen molar-refractivity contribution in [3.05, 3.63) is 16.9 Å². The van der Waals surface area contributed by atoms with E-state index in [9.17, 15) is 26.3 Å². The van der Waals surface area contributed by atoms with Crippen LogP contribution in [0.15, 0.2) is 16.1 Å². The molecule has 0 spiro atoms. The zero-order valence-corrected chi connectivity index (χ0v) is 15.6. The lowest BCUT2D eigenvalue weighted by Crippen LogP contribution is -2.45. The standard InChI is InChI=1S/C16H16F6N6S/c1-29-6-9(10(17)18)25-12(29)11-26-13(23-7-2-15(19,20)3-7)28-14(27-11)24-8-4-16(21,22)5-8/h6-8,10H,1-5H2,(H2,23,24,26,27,28). The molecule has 29 heavy (non-hydrogen) atoms. The van der Waals surface area contributed by atoms with Crippen LogP contribution in [0.2, 0.25) is 0 Å². The normalized spacial score (nSPS) is 25.8. The molecule has 158 valence electrons. The monoisotopic (exact) mass is 438 g/mol. The third-order valence-corrected chi connectivity index (χ3v) is 5.94. The second kappa shape index (κ2) is 6.96. The van der Waals surface area contributed by atoms with Gasteiger partial charge in [0, 0.05) is 37.8 Å². The van der Waals surface area contributed by atoms with E-state index < -0.39 is 72.2 Å². The molecule has 3 aliphatic rings. The molecule has 0 saturated heterocycles. The third-order valence-electron chi connectivity index (χ3n) is 4.64. The second-order valence-electron chi connectivity index (χ2n) is 7.21. The SMILES string of the molecule is C=S1C=C(C(F)F)N=C1c1nc(NC2CC(F)(F)C2)nc(NC2CC(F)(F)C2)n1. The molecular formula is C16H16F6N6S. The lowest BCUT2D eigenvalue weighted by molar-refractivity contribution is -0.0799. The molecule has 0 amide bonds. The van der Waals surface area contributed by atoms with Crippen LogP contribution in [-0.2, 0) is 0 Å². The number of aromatic nitrogens is 3. The summed E-state index contributed by atoms with van der Waals surface area (Å²) in [6, 6.07) is -1.14. The van der Waals surface area contributed by atoms with Crippen molar-refractivity contribution in [3.8, 4) is 0 Å². The van der Waals surface area contributed by atoms with E-state index in [-0.39, 0.29) is 22.8 Å². The van der Waals surface area contributed by atoms with Crippen molar-refractivity contribution >= 4 is 33.3 Å². The Labute approximate surface area is 163 Å². The van der Waals surface area contributed by atoms with Crippen molar-refractivity contribution in [1.29, 1.82) is 0 Å². The lowest BCUT2D eigenvalue weighted by atomic mass is 9.88. The zero-order chi connectivity index (χ0) is 21.0. The second-order valence-corrected chi connectivity index (χ2v) is 8.69. The number of nitrogens with zero attached hydrogens (tertiary/aromatic N) is 4. The maximum absolute atomic E-state index is 13.1. The molecule has 0 bridgehead atoms. The zero-order valence-electron chi connectivity index (χ0n) is 14.8. The summed E-state index contributed by atoms with van der Waals surface area (Å²) in [7, 11) is -1.05. The van der Waals surface area contributed by atoms with Gasteiger partial charge in [0.25, 0.3) is 18.3 Å². The number of hydrogen-bond acceptors (Lipinski definition) is 6. The van der Waals surface area contributed by atoms with Crippen LogP contribution in [0.1, 0.15) is 31.5 Å². The summed E-state index contributed by atoms with van der Waals surface area (Å²) in [5.41, 5.74) is -0.458. The van der Waals surface area contributed by atoms with Crippen molar-refractivity contribution in [3.63, 3.8) is 0 Å². The van der Waals surface area contributed by atoms with Gasteiger partial charge in [0.2, 0.25) is 11.9 Å². The van der Waals surface area contributed by atoms with Gasteiger partial charge >= 0.3 is 0 Å². The van der Waals surface area contributed by atoms with Gasteiger partial charge in [-0.1, -0.05) is 5.87 Å². The van der Waals surface area contributed by atoms with Crippen LogP contribution in [0.4, 0.5) is 38.2 Å². The maximum Gasteiger partial charge on any atom is 0.280 e. The van der Waals surface area contributed by atoms with Crippen LogP contribution in [-0.4, -0.2) is 56.2 Å². The van der Waals surface area contributed by atoms with Crippen LogP contribution in [0.5, 0.6) is 0 Å². The molecule has 2 N–H and O–H groups in total. The first-order valence-electron chi connectivity index (χ1n) is 8.66. The van der Waals surface area contributed by atoms with Crippen LogP contribution in [0.3, 0.4) is 0 Å². The van der Waals surface area contributed by atoms with E-state index >= 15 is 0 Å². The average molecular weight is 438 g/mol. The molecule has 1 aromatic rings.